The number of carbonyl (C=O) groups excluding carboxylic acids is 1. The number of nitrogens with zero attached hydrogens (tertiary/aromatic N) is 3. The van der Waals surface area contributed by atoms with Gasteiger partial charge in [-0.15, -0.1) is 0 Å². The van der Waals surface area contributed by atoms with E-state index in [2.05, 4.69) is 9.98 Å². The van der Waals surface area contributed by atoms with Gasteiger partial charge in [-0.1, -0.05) is 30.7 Å². The fraction of sp³-hybridized carbons (Fsp3) is 0.360. The molecule has 0 aliphatic rings. The maximum atomic E-state index is 13.4. The molecule has 1 atom stereocenters. The summed E-state index contributed by atoms with van der Waals surface area (Å²) >= 11 is 6.00. The Balaban J connectivity index is 2.05. The van der Waals surface area contributed by atoms with Crippen molar-refractivity contribution in [3.05, 3.63) is 85.2 Å². The van der Waals surface area contributed by atoms with Crippen molar-refractivity contribution in [1.29, 1.82) is 0 Å². The summed E-state index contributed by atoms with van der Waals surface area (Å²) in [6.07, 6.45) is 0.260. The number of benzene rings is 2. The summed E-state index contributed by atoms with van der Waals surface area (Å²) in [5.41, 5.74) is 0.473. The van der Waals surface area contributed by atoms with Crippen LogP contribution in [0.4, 0.5) is 0 Å². The van der Waals surface area contributed by atoms with Crippen molar-refractivity contribution in [3.8, 4) is 11.5 Å². The van der Waals surface area contributed by atoms with Crippen LogP contribution < -0.4 is 26.5 Å². The molecule has 0 saturated carbocycles. The van der Waals surface area contributed by atoms with Gasteiger partial charge in [0.15, 0.2) is 0 Å². The molecule has 0 fully saturated rings. The number of ether oxygens (including phenoxy) is 3. The molecule has 11 heteroatoms. The minimum Gasteiger partial charge on any atom is -0.497 e. The molecule has 3 rings (SSSR count). The quantitative estimate of drug-likeness (QED) is 0.413. The first-order valence-electron chi connectivity index (χ1n) is 11.2. The average Bonchev–Trinajstić information content (AvgIpc) is 2.89. The van der Waals surface area contributed by atoms with Crippen molar-refractivity contribution in [2.45, 2.75) is 33.0 Å². The fourth-order valence-corrected chi connectivity index (χ4v) is 3.70. The lowest BCUT2D eigenvalue weighted by atomic mass is 10.1. The second-order valence-corrected chi connectivity index (χ2v) is 8.54. The molecule has 10 nitrogen and oxygen atoms in total. The zero-order valence-electron chi connectivity index (χ0n) is 20.6. The second-order valence-electron chi connectivity index (χ2n) is 8.11. The summed E-state index contributed by atoms with van der Waals surface area (Å²) < 4.78 is 17.8. The first-order chi connectivity index (χ1) is 17.3. The van der Waals surface area contributed by atoms with E-state index in [0.717, 1.165) is 15.7 Å². The summed E-state index contributed by atoms with van der Waals surface area (Å²) in [6, 6.07) is 12.3. The van der Waals surface area contributed by atoms with Crippen LogP contribution in [0.25, 0.3) is 0 Å². The van der Waals surface area contributed by atoms with Gasteiger partial charge in [-0.25, -0.2) is 19.1 Å². The number of hydrogen-bond donors (Lipinski definition) is 1. The number of H-pyrrole nitrogens is 1. The standard InChI is InChI=1S/C25H29ClN4O6/c1-16(22(31)36-4)11-12-29-24(32)28-23(27-14-18-7-10-20(34-2)13-21(18)35-3)30(25(29)33)15-17-5-8-19(26)9-6-17/h5-10,13,16H,11-12,14-15H2,1-4H3,(H,27,28,32)/t16-/m0/s1. The molecule has 1 aromatic heterocycles. The Kier molecular flexibility index (Phi) is 9.13. The van der Waals surface area contributed by atoms with E-state index in [0.29, 0.717) is 16.5 Å². The van der Waals surface area contributed by atoms with E-state index < -0.39 is 23.3 Å². The molecule has 0 radical (unpaired) electrons. The van der Waals surface area contributed by atoms with Crippen molar-refractivity contribution in [2.75, 3.05) is 21.3 Å². The van der Waals surface area contributed by atoms with Crippen molar-refractivity contribution in [3.63, 3.8) is 0 Å². The number of nitrogens with one attached hydrogen (secondary N) is 1. The molecule has 0 aliphatic heterocycles. The Morgan fingerprint density at radius 1 is 1.06 bits per heavy atom. The highest BCUT2D eigenvalue weighted by Crippen LogP contribution is 2.24. The van der Waals surface area contributed by atoms with Crippen molar-refractivity contribution < 1.29 is 19.0 Å². The number of carbonyl (C=O) groups is 1. The summed E-state index contributed by atoms with van der Waals surface area (Å²) in [5.74, 6) is 0.312. The van der Waals surface area contributed by atoms with E-state index in [1.807, 2.05) is 0 Å². The molecule has 36 heavy (non-hydrogen) atoms. The lowest BCUT2D eigenvalue weighted by molar-refractivity contribution is -0.145. The average molecular weight is 517 g/mol. The number of esters is 1. The third-order valence-corrected chi connectivity index (χ3v) is 5.97. The maximum absolute atomic E-state index is 13.4. The van der Waals surface area contributed by atoms with Gasteiger partial charge in [0.2, 0.25) is 5.62 Å². The normalized spacial score (nSPS) is 12.3. The van der Waals surface area contributed by atoms with Gasteiger partial charge in [-0.3, -0.25) is 14.3 Å². The molecular weight excluding hydrogens is 488 g/mol. The van der Waals surface area contributed by atoms with Crippen LogP contribution >= 0.6 is 11.6 Å². The van der Waals surface area contributed by atoms with Gasteiger partial charge in [0.05, 0.1) is 40.3 Å². The van der Waals surface area contributed by atoms with Gasteiger partial charge in [0, 0.05) is 23.2 Å². The van der Waals surface area contributed by atoms with E-state index in [-0.39, 0.29) is 31.7 Å². The molecule has 1 heterocycles. The maximum Gasteiger partial charge on any atom is 0.335 e. The minimum absolute atomic E-state index is 0.0393. The Morgan fingerprint density at radius 3 is 2.42 bits per heavy atom. The van der Waals surface area contributed by atoms with Crippen LogP contribution in [-0.4, -0.2) is 41.4 Å². The number of aromatic amines is 1. The van der Waals surface area contributed by atoms with Crippen molar-refractivity contribution in [2.24, 2.45) is 10.9 Å². The third kappa shape index (κ3) is 6.45. The van der Waals surface area contributed by atoms with Crippen LogP contribution in [-0.2, 0) is 29.2 Å². The monoisotopic (exact) mass is 516 g/mol. The largest absolute Gasteiger partial charge is 0.497 e. The number of hydrogen-bond acceptors (Lipinski definition) is 7. The summed E-state index contributed by atoms with van der Waals surface area (Å²) in [6.45, 7) is 2.01. The Hall–Kier alpha value is -3.79. The number of methoxy groups -OCH3 is 3. The van der Waals surface area contributed by atoms with E-state index >= 15 is 0 Å². The predicted molar refractivity (Wildman–Crippen MR) is 134 cm³/mol. The highest BCUT2D eigenvalue weighted by atomic mass is 35.5. The van der Waals surface area contributed by atoms with Crippen LogP contribution in [0.15, 0.2) is 57.0 Å². The first-order valence-corrected chi connectivity index (χ1v) is 11.6. The zero-order chi connectivity index (χ0) is 26.2. The summed E-state index contributed by atoms with van der Waals surface area (Å²) in [5, 5.41) is 0.566. The lowest BCUT2D eigenvalue weighted by Crippen LogP contribution is -2.50. The van der Waals surface area contributed by atoms with E-state index in [9.17, 15) is 14.4 Å². The van der Waals surface area contributed by atoms with Gasteiger partial charge < -0.3 is 14.2 Å². The molecule has 1 N–H and O–H groups in total. The van der Waals surface area contributed by atoms with Crippen LogP contribution in [0.5, 0.6) is 11.5 Å². The van der Waals surface area contributed by atoms with Gasteiger partial charge >= 0.3 is 17.3 Å². The Bertz CT molecular complexity index is 1390. The van der Waals surface area contributed by atoms with Gasteiger partial charge in [0.1, 0.15) is 11.5 Å². The first kappa shape index (κ1) is 26.8. The van der Waals surface area contributed by atoms with Crippen LogP contribution in [0.1, 0.15) is 24.5 Å². The molecule has 0 spiro atoms. The zero-order valence-corrected chi connectivity index (χ0v) is 21.4. The van der Waals surface area contributed by atoms with E-state index in [1.165, 1.54) is 18.8 Å². The van der Waals surface area contributed by atoms with E-state index in [4.69, 9.17) is 25.8 Å². The molecule has 0 amide bonds. The molecule has 2 aromatic carbocycles. The molecular formula is C25H29ClN4O6. The van der Waals surface area contributed by atoms with Crippen LogP contribution in [0.3, 0.4) is 0 Å². The molecule has 0 unspecified atom stereocenters. The minimum atomic E-state index is -0.620. The Labute approximate surface area is 212 Å². The predicted octanol–water partition coefficient (Wildman–Crippen LogP) is 2.36. The number of rotatable bonds is 10. The topological polar surface area (TPSA) is 117 Å². The van der Waals surface area contributed by atoms with Crippen LogP contribution in [0, 0.1) is 5.92 Å². The number of aromatic nitrogens is 3. The fourth-order valence-electron chi connectivity index (χ4n) is 3.58. The summed E-state index contributed by atoms with van der Waals surface area (Å²) in [7, 11) is 4.40. The highest BCUT2D eigenvalue weighted by Gasteiger charge is 2.16. The Morgan fingerprint density at radius 2 is 1.78 bits per heavy atom. The van der Waals surface area contributed by atoms with Gasteiger partial charge in [-0.2, -0.15) is 0 Å². The van der Waals surface area contributed by atoms with E-state index in [1.54, 1.807) is 56.5 Å². The van der Waals surface area contributed by atoms with Gasteiger partial charge in [0.25, 0.3) is 0 Å². The molecule has 0 bridgehead atoms. The summed E-state index contributed by atoms with van der Waals surface area (Å²) in [4.78, 5) is 45.3. The lowest BCUT2D eigenvalue weighted by Gasteiger charge is -2.13. The van der Waals surface area contributed by atoms with Crippen LogP contribution in [0.2, 0.25) is 5.02 Å². The van der Waals surface area contributed by atoms with Crippen molar-refractivity contribution in [1.82, 2.24) is 14.1 Å². The number of halogens is 1. The molecule has 0 aliphatic carbocycles. The van der Waals surface area contributed by atoms with Gasteiger partial charge in [-0.05, 0) is 36.2 Å². The smallest absolute Gasteiger partial charge is 0.335 e. The molecule has 192 valence electrons. The second kappa shape index (κ2) is 12.3. The third-order valence-electron chi connectivity index (χ3n) is 5.72. The SMILES string of the molecule is COC(=O)[C@@H](C)CCn1c(=O)[nH]/c(=N/Cc2ccc(OC)cc2OC)n(Cc2ccc(Cl)cc2)c1=O. The highest BCUT2D eigenvalue weighted by molar-refractivity contribution is 6.30. The molecule has 3 aromatic rings. The van der Waals surface area contributed by atoms with Crippen molar-refractivity contribution >= 4 is 17.6 Å². The molecule has 0 saturated heterocycles.